The zero-order valence-corrected chi connectivity index (χ0v) is 16.3. The van der Waals surface area contributed by atoms with Gasteiger partial charge in [0.2, 0.25) is 0 Å². The van der Waals surface area contributed by atoms with E-state index in [2.05, 4.69) is 57.0 Å². The summed E-state index contributed by atoms with van der Waals surface area (Å²) in [7, 11) is 4.34. The summed E-state index contributed by atoms with van der Waals surface area (Å²) < 4.78 is 0. The second kappa shape index (κ2) is 7.82. The molecular formula is C15H33IN4. The maximum Gasteiger partial charge on any atom is 0.189 e. The molecule has 0 saturated heterocycles. The van der Waals surface area contributed by atoms with Crippen LogP contribution in [0.4, 0.5) is 0 Å². The van der Waals surface area contributed by atoms with Crippen LogP contribution < -0.4 is 11.1 Å². The summed E-state index contributed by atoms with van der Waals surface area (Å²) in [5.41, 5.74) is 6.14. The zero-order valence-electron chi connectivity index (χ0n) is 14.0. The number of halogens is 1. The van der Waals surface area contributed by atoms with Gasteiger partial charge in [-0.2, -0.15) is 0 Å². The van der Waals surface area contributed by atoms with Crippen molar-refractivity contribution < 1.29 is 0 Å². The monoisotopic (exact) mass is 396 g/mol. The SMILES string of the molecule is CC1CCCC(CN=C(N)NC(C)(C)C)(N(C)C)C1.I. The van der Waals surface area contributed by atoms with E-state index in [4.69, 9.17) is 5.73 Å². The molecule has 3 N–H and O–H groups in total. The number of hydrogen-bond acceptors (Lipinski definition) is 2. The van der Waals surface area contributed by atoms with Crippen molar-refractivity contribution in [2.45, 2.75) is 64.5 Å². The van der Waals surface area contributed by atoms with Crippen molar-refractivity contribution in [1.82, 2.24) is 10.2 Å². The largest absolute Gasteiger partial charge is 0.370 e. The van der Waals surface area contributed by atoms with E-state index in [1.165, 1.54) is 25.7 Å². The van der Waals surface area contributed by atoms with Gasteiger partial charge in [0.25, 0.3) is 0 Å². The molecule has 1 fully saturated rings. The molecule has 0 radical (unpaired) electrons. The highest BCUT2D eigenvalue weighted by Gasteiger charge is 2.36. The first kappa shape index (κ1) is 20.0. The number of rotatable bonds is 3. The van der Waals surface area contributed by atoms with Crippen molar-refractivity contribution in [3.63, 3.8) is 0 Å². The molecule has 0 heterocycles. The van der Waals surface area contributed by atoms with Gasteiger partial charge in [-0.1, -0.05) is 19.8 Å². The smallest absolute Gasteiger partial charge is 0.189 e. The first-order chi connectivity index (χ1) is 8.65. The van der Waals surface area contributed by atoms with E-state index >= 15 is 0 Å². The maximum atomic E-state index is 5.99. The Morgan fingerprint density at radius 2 is 2.00 bits per heavy atom. The lowest BCUT2D eigenvalue weighted by Gasteiger charge is -2.44. The van der Waals surface area contributed by atoms with Gasteiger partial charge >= 0.3 is 0 Å². The molecule has 0 amide bonds. The van der Waals surface area contributed by atoms with Crippen LogP contribution in [0.5, 0.6) is 0 Å². The summed E-state index contributed by atoms with van der Waals surface area (Å²) in [5, 5.41) is 3.24. The maximum absolute atomic E-state index is 5.99. The fourth-order valence-corrected chi connectivity index (χ4v) is 2.98. The standard InChI is InChI=1S/C15H32N4.HI/c1-12-8-7-9-15(10-12,19(5)6)11-17-13(16)18-14(2,3)4;/h12H,7-11H2,1-6H3,(H3,16,17,18);1H. The molecule has 0 aromatic carbocycles. The summed E-state index contributed by atoms with van der Waals surface area (Å²) in [6.07, 6.45) is 5.07. The van der Waals surface area contributed by atoms with Crippen LogP contribution >= 0.6 is 24.0 Å². The fraction of sp³-hybridized carbons (Fsp3) is 0.933. The lowest BCUT2D eigenvalue weighted by Crippen LogP contribution is -2.51. The molecule has 2 atom stereocenters. The van der Waals surface area contributed by atoms with Crippen LogP contribution in [0.3, 0.4) is 0 Å². The highest BCUT2D eigenvalue weighted by Crippen LogP contribution is 2.35. The van der Waals surface area contributed by atoms with Gasteiger partial charge in [-0.3, -0.25) is 4.99 Å². The molecule has 0 bridgehead atoms. The van der Waals surface area contributed by atoms with Crippen molar-refractivity contribution in [2.24, 2.45) is 16.6 Å². The second-order valence-electron chi connectivity index (χ2n) is 7.40. The number of hydrogen-bond donors (Lipinski definition) is 2. The van der Waals surface area contributed by atoms with E-state index in [0.29, 0.717) is 5.96 Å². The van der Waals surface area contributed by atoms with Gasteiger partial charge < -0.3 is 16.0 Å². The summed E-state index contributed by atoms with van der Waals surface area (Å²) in [4.78, 5) is 6.95. The summed E-state index contributed by atoms with van der Waals surface area (Å²) in [6, 6.07) is 0. The molecule has 4 nitrogen and oxygen atoms in total. The van der Waals surface area contributed by atoms with Gasteiger partial charge in [-0.25, -0.2) is 0 Å². The van der Waals surface area contributed by atoms with E-state index in [0.717, 1.165) is 12.5 Å². The summed E-state index contributed by atoms with van der Waals surface area (Å²) in [6.45, 7) is 9.43. The average molecular weight is 396 g/mol. The van der Waals surface area contributed by atoms with E-state index in [1.54, 1.807) is 0 Å². The molecule has 2 unspecified atom stereocenters. The molecule has 1 aliphatic rings. The van der Waals surface area contributed by atoms with Crippen molar-refractivity contribution >= 4 is 29.9 Å². The van der Waals surface area contributed by atoms with Crippen LogP contribution in [0.2, 0.25) is 0 Å². The molecule has 0 aromatic heterocycles. The number of guanidine groups is 1. The third-order valence-corrected chi connectivity index (χ3v) is 4.06. The summed E-state index contributed by atoms with van der Waals surface area (Å²) in [5.74, 6) is 1.34. The van der Waals surface area contributed by atoms with Gasteiger partial charge in [0.05, 0.1) is 6.54 Å². The molecule has 0 aromatic rings. The van der Waals surface area contributed by atoms with Crippen LogP contribution in [-0.4, -0.2) is 42.6 Å². The van der Waals surface area contributed by atoms with Crippen molar-refractivity contribution in [3.8, 4) is 0 Å². The lowest BCUT2D eigenvalue weighted by atomic mass is 9.75. The molecule has 1 rings (SSSR count). The molecule has 1 saturated carbocycles. The molecule has 120 valence electrons. The number of nitrogens with two attached hydrogens (primary N) is 1. The van der Waals surface area contributed by atoms with Gasteiger partial charge in [0.15, 0.2) is 5.96 Å². The molecule has 0 aliphatic heterocycles. The zero-order chi connectivity index (χ0) is 14.7. The van der Waals surface area contributed by atoms with Crippen LogP contribution in [0.1, 0.15) is 53.4 Å². The topological polar surface area (TPSA) is 53.6 Å². The third-order valence-electron chi connectivity index (χ3n) is 4.06. The lowest BCUT2D eigenvalue weighted by molar-refractivity contribution is 0.0845. The van der Waals surface area contributed by atoms with Gasteiger partial charge in [0, 0.05) is 11.1 Å². The fourth-order valence-electron chi connectivity index (χ4n) is 2.98. The Morgan fingerprint density at radius 1 is 1.40 bits per heavy atom. The van der Waals surface area contributed by atoms with E-state index < -0.39 is 0 Å². The van der Waals surface area contributed by atoms with Crippen LogP contribution in [-0.2, 0) is 0 Å². The minimum Gasteiger partial charge on any atom is -0.370 e. The normalized spacial score (nSPS) is 28.1. The molecule has 0 spiro atoms. The Bertz CT molecular complexity index is 322. The van der Waals surface area contributed by atoms with Gasteiger partial charge in [0.1, 0.15) is 0 Å². The number of aliphatic imine (C=N–C) groups is 1. The predicted molar refractivity (Wildman–Crippen MR) is 98.8 cm³/mol. The second-order valence-corrected chi connectivity index (χ2v) is 7.40. The highest BCUT2D eigenvalue weighted by molar-refractivity contribution is 14.0. The van der Waals surface area contributed by atoms with E-state index in [9.17, 15) is 0 Å². The van der Waals surface area contributed by atoms with Crippen molar-refractivity contribution in [1.29, 1.82) is 0 Å². The molecule has 5 heteroatoms. The van der Waals surface area contributed by atoms with Gasteiger partial charge in [-0.05, 0) is 53.6 Å². The van der Waals surface area contributed by atoms with Crippen molar-refractivity contribution in [3.05, 3.63) is 0 Å². The van der Waals surface area contributed by atoms with Crippen LogP contribution in [0.25, 0.3) is 0 Å². The Hall–Kier alpha value is -0.0400. The number of nitrogens with zero attached hydrogens (tertiary/aromatic N) is 2. The van der Waals surface area contributed by atoms with E-state index in [-0.39, 0.29) is 35.1 Å². The Kier molecular flexibility index (Phi) is 7.81. The highest BCUT2D eigenvalue weighted by atomic mass is 127. The number of likely N-dealkylation sites (N-methyl/N-ethyl adjacent to an activating group) is 1. The summed E-state index contributed by atoms with van der Waals surface area (Å²) >= 11 is 0. The first-order valence-electron chi connectivity index (χ1n) is 7.40. The van der Waals surface area contributed by atoms with Crippen LogP contribution in [0, 0.1) is 5.92 Å². The first-order valence-corrected chi connectivity index (χ1v) is 7.40. The minimum atomic E-state index is -0.0290. The van der Waals surface area contributed by atoms with Crippen molar-refractivity contribution in [2.75, 3.05) is 20.6 Å². The quantitative estimate of drug-likeness (QED) is 0.438. The predicted octanol–water partition coefficient (Wildman–Crippen LogP) is 2.82. The minimum absolute atomic E-state index is 0. The average Bonchev–Trinajstić information content (AvgIpc) is 2.24. The molecular weight excluding hydrogens is 363 g/mol. The van der Waals surface area contributed by atoms with Gasteiger partial charge in [-0.15, -0.1) is 24.0 Å². The Labute approximate surface area is 142 Å². The molecule has 20 heavy (non-hydrogen) atoms. The van der Waals surface area contributed by atoms with Crippen LogP contribution in [0.15, 0.2) is 4.99 Å². The third kappa shape index (κ3) is 6.16. The number of nitrogens with one attached hydrogen (secondary N) is 1. The molecule has 1 aliphatic carbocycles. The van der Waals surface area contributed by atoms with E-state index in [1.807, 2.05) is 0 Å². The Morgan fingerprint density at radius 3 is 2.45 bits per heavy atom. The Balaban J connectivity index is 0.00000361.